The summed E-state index contributed by atoms with van der Waals surface area (Å²) in [5.41, 5.74) is 2.49. The maximum absolute atomic E-state index is 12.6. The molecule has 2 rings (SSSR count). The van der Waals surface area contributed by atoms with E-state index in [4.69, 9.17) is 0 Å². The second-order valence-corrected chi connectivity index (χ2v) is 5.30. The molecule has 0 heterocycles. The van der Waals surface area contributed by atoms with Crippen LogP contribution in [0, 0.1) is 13.8 Å². The van der Waals surface area contributed by atoms with Crippen LogP contribution < -0.4 is 10.6 Å². The number of amides is 2. The summed E-state index contributed by atoms with van der Waals surface area (Å²) in [6.07, 6.45) is -4.44. The molecule has 2 N–H and O–H groups in total. The van der Waals surface area contributed by atoms with Gasteiger partial charge >= 0.3 is 12.2 Å². The van der Waals surface area contributed by atoms with E-state index in [-0.39, 0.29) is 5.69 Å². The maximum atomic E-state index is 12.6. The Morgan fingerprint density at radius 3 is 2.43 bits per heavy atom. The number of rotatable bonds is 3. The fourth-order valence-electron chi connectivity index (χ4n) is 2.04. The number of carbonyl (C=O) groups is 1. The monoisotopic (exact) mass is 322 g/mol. The molecule has 2 amide bonds. The zero-order valence-corrected chi connectivity index (χ0v) is 12.8. The van der Waals surface area contributed by atoms with E-state index < -0.39 is 17.8 Å². The van der Waals surface area contributed by atoms with Crippen molar-refractivity contribution in [1.29, 1.82) is 0 Å². The number of halogens is 3. The molecule has 0 unspecified atom stereocenters. The van der Waals surface area contributed by atoms with Gasteiger partial charge in [0.05, 0.1) is 5.56 Å². The van der Waals surface area contributed by atoms with Crippen LogP contribution in [0.2, 0.25) is 0 Å². The second kappa shape index (κ2) is 6.73. The van der Waals surface area contributed by atoms with Crippen molar-refractivity contribution in [3.05, 3.63) is 64.7 Å². The predicted octanol–water partition coefficient (Wildman–Crippen LogP) is 4.64. The van der Waals surface area contributed by atoms with E-state index in [0.29, 0.717) is 6.54 Å². The van der Waals surface area contributed by atoms with E-state index >= 15 is 0 Å². The lowest BCUT2D eigenvalue weighted by molar-refractivity contribution is -0.137. The number of carbonyl (C=O) groups excluding carboxylic acids is 1. The van der Waals surface area contributed by atoms with Crippen molar-refractivity contribution in [1.82, 2.24) is 5.32 Å². The topological polar surface area (TPSA) is 41.1 Å². The number of hydrogen-bond donors (Lipinski definition) is 2. The number of aryl methyl sites for hydroxylation is 2. The Kier molecular flexibility index (Phi) is 4.93. The average molecular weight is 322 g/mol. The summed E-state index contributed by atoms with van der Waals surface area (Å²) in [6, 6.07) is 9.77. The van der Waals surface area contributed by atoms with Gasteiger partial charge in [0, 0.05) is 12.2 Å². The van der Waals surface area contributed by atoms with Crippen molar-refractivity contribution < 1.29 is 18.0 Å². The van der Waals surface area contributed by atoms with Gasteiger partial charge in [-0.15, -0.1) is 0 Å². The molecule has 0 atom stereocenters. The highest BCUT2D eigenvalue weighted by Gasteiger charge is 2.30. The van der Waals surface area contributed by atoms with Gasteiger partial charge in [-0.05, 0) is 48.7 Å². The van der Waals surface area contributed by atoms with Crippen molar-refractivity contribution in [3.63, 3.8) is 0 Å². The summed E-state index contributed by atoms with van der Waals surface area (Å²) in [4.78, 5) is 11.8. The summed E-state index contributed by atoms with van der Waals surface area (Å²) < 4.78 is 37.9. The molecule has 0 aliphatic rings. The highest BCUT2D eigenvalue weighted by Crippen LogP contribution is 2.30. The van der Waals surface area contributed by atoms with Crippen LogP contribution in [-0.2, 0) is 12.7 Å². The van der Waals surface area contributed by atoms with Crippen LogP contribution in [0.4, 0.5) is 23.7 Å². The first kappa shape index (κ1) is 16.9. The van der Waals surface area contributed by atoms with Crippen molar-refractivity contribution in [3.8, 4) is 0 Å². The van der Waals surface area contributed by atoms with Gasteiger partial charge in [-0.1, -0.05) is 24.3 Å². The molecule has 0 aromatic heterocycles. The molecular formula is C17H17F3N2O. The average Bonchev–Trinajstić information content (AvgIpc) is 2.48. The normalized spacial score (nSPS) is 11.2. The fourth-order valence-corrected chi connectivity index (χ4v) is 2.04. The Labute approximate surface area is 132 Å². The third-order valence-electron chi connectivity index (χ3n) is 3.47. The Morgan fingerprint density at radius 2 is 1.78 bits per heavy atom. The number of hydrogen-bond acceptors (Lipinski definition) is 1. The van der Waals surface area contributed by atoms with Crippen LogP contribution in [0.3, 0.4) is 0 Å². The Bertz CT molecular complexity index is 711. The van der Waals surface area contributed by atoms with Gasteiger partial charge in [-0.2, -0.15) is 13.2 Å². The summed E-state index contributed by atoms with van der Waals surface area (Å²) in [7, 11) is 0. The molecule has 0 radical (unpaired) electrons. The molecule has 0 saturated carbocycles. The number of nitrogens with one attached hydrogen (secondary N) is 2. The first-order chi connectivity index (χ1) is 10.8. The van der Waals surface area contributed by atoms with Crippen molar-refractivity contribution in [2.45, 2.75) is 26.6 Å². The van der Waals surface area contributed by atoms with E-state index in [1.807, 2.05) is 32.0 Å². The largest absolute Gasteiger partial charge is 0.416 e. The van der Waals surface area contributed by atoms with Gasteiger partial charge in [0.25, 0.3) is 0 Å². The van der Waals surface area contributed by atoms with Gasteiger partial charge in [0.15, 0.2) is 0 Å². The lowest BCUT2D eigenvalue weighted by Gasteiger charge is -2.11. The predicted molar refractivity (Wildman–Crippen MR) is 83.2 cm³/mol. The first-order valence-electron chi connectivity index (χ1n) is 7.04. The zero-order chi connectivity index (χ0) is 17.0. The molecule has 2 aromatic rings. The SMILES string of the molecule is Cc1ccc(CNC(=O)Nc2cccc(C(F)(F)F)c2)cc1C. The van der Waals surface area contributed by atoms with Crippen LogP contribution in [-0.4, -0.2) is 6.03 Å². The lowest BCUT2D eigenvalue weighted by atomic mass is 10.1. The molecule has 0 aliphatic carbocycles. The number of urea groups is 1. The molecule has 0 spiro atoms. The van der Waals surface area contributed by atoms with E-state index in [1.165, 1.54) is 12.1 Å². The minimum atomic E-state index is -4.44. The molecule has 0 aliphatic heterocycles. The highest BCUT2D eigenvalue weighted by molar-refractivity contribution is 5.89. The Hall–Kier alpha value is -2.50. The van der Waals surface area contributed by atoms with Gasteiger partial charge < -0.3 is 10.6 Å². The van der Waals surface area contributed by atoms with Crippen molar-refractivity contribution in [2.75, 3.05) is 5.32 Å². The fraction of sp³-hybridized carbons (Fsp3) is 0.235. The molecule has 0 fully saturated rings. The van der Waals surface area contributed by atoms with E-state index in [1.54, 1.807) is 0 Å². The van der Waals surface area contributed by atoms with Gasteiger partial charge in [0.1, 0.15) is 0 Å². The smallest absolute Gasteiger partial charge is 0.334 e. The minimum absolute atomic E-state index is 0.0948. The molecule has 2 aromatic carbocycles. The summed E-state index contributed by atoms with van der Waals surface area (Å²) >= 11 is 0. The third kappa shape index (κ3) is 4.74. The molecule has 6 heteroatoms. The van der Waals surface area contributed by atoms with Gasteiger partial charge in [0.2, 0.25) is 0 Å². The second-order valence-electron chi connectivity index (χ2n) is 5.30. The summed E-state index contributed by atoms with van der Waals surface area (Å²) in [5, 5.41) is 5.02. The zero-order valence-electron chi connectivity index (χ0n) is 12.8. The van der Waals surface area contributed by atoms with Crippen molar-refractivity contribution >= 4 is 11.7 Å². The molecule has 23 heavy (non-hydrogen) atoms. The van der Waals surface area contributed by atoms with Gasteiger partial charge in [-0.25, -0.2) is 4.79 Å². The maximum Gasteiger partial charge on any atom is 0.416 e. The number of anilines is 1. The van der Waals surface area contributed by atoms with Gasteiger partial charge in [-0.3, -0.25) is 0 Å². The van der Waals surface area contributed by atoms with E-state index in [0.717, 1.165) is 28.8 Å². The van der Waals surface area contributed by atoms with E-state index in [2.05, 4.69) is 10.6 Å². The van der Waals surface area contributed by atoms with Crippen LogP contribution in [0.1, 0.15) is 22.3 Å². The first-order valence-corrected chi connectivity index (χ1v) is 7.04. The van der Waals surface area contributed by atoms with Crippen molar-refractivity contribution in [2.24, 2.45) is 0 Å². The summed E-state index contributed by atoms with van der Waals surface area (Å²) in [6.45, 7) is 4.26. The standard InChI is InChI=1S/C17H17F3N2O/c1-11-6-7-13(8-12(11)2)10-21-16(23)22-15-5-3-4-14(9-15)17(18,19)20/h3-9H,10H2,1-2H3,(H2,21,22,23). The Morgan fingerprint density at radius 1 is 1.04 bits per heavy atom. The molecule has 0 saturated heterocycles. The Balaban J connectivity index is 1.96. The van der Waals surface area contributed by atoms with Crippen LogP contribution in [0.25, 0.3) is 0 Å². The van der Waals surface area contributed by atoms with E-state index in [9.17, 15) is 18.0 Å². The number of alkyl halides is 3. The van der Waals surface area contributed by atoms with Crippen LogP contribution >= 0.6 is 0 Å². The molecule has 0 bridgehead atoms. The summed E-state index contributed by atoms with van der Waals surface area (Å²) in [5.74, 6) is 0. The third-order valence-corrected chi connectivity index (χ3v) is 3.47. The van der Waals surface area contributed by atoms with Crippen LogP contribution in [0.5, 0.6) is 0 Å². The number of benzene rings is 2. The highest BCUT2D eigenvalue weighted by atomic mass is 19.4. The van der Waals surface area contributed by atoms with Crippen LogP contribution in [0.15, 0.2) is 42.5 Å². The molecular weight excluding hydrogens is 305 g/mol. The molecule has 3 nitrogen and oxygen atoms in total. The molecule has 122 valence electrons. The minimum Gasteiger partial charge on any atom is -0.334 e. The lowest BCUT2D eigenvalue weighted by Crippen LogP contribution is -2.28. The quantitative estimate of drug-likeness (QED) is 0.849.